The smallest absolute Gasteiger partial charge is 0.308 e. The van der Waals surface area contributed by atoms with E-state index < -0.39 is 0 Å². The first-order valence-electron chi connectivity index (χ1n) is 14.8. The average Bonchev–Trinajstić information content (AvgIpc) is 2.86. The van der Waals surface area contributed by atoms with E-state index in [1.165, 1.54) is 32.6 Å². The molecule has 2 unspecified atom stereocenters. The van der Waals surface area contributed by atoms with Crippen LogP contribution >= 0.6 is 0 Å². The highest BCUT2D eigenvalue weighted by Gasteiger charge is 2.37. The largest absolute Gasteiger partial charge is 0.493 e. The Morgan fingerprint density at radius 2 is 1.78 bits per heavy atom. The molecule has 0 radical (unpaired) electrons. The fraction of sp³-hybridized carbons (Fsp3) is 0.688. The van der Waals surface area contributed by atoms with E-state index in [9.17, 15) is 9.59 Å². The number of amides is 1. The number of carbonyl (C=O) groups is 2. The molecule has 0 saturated heterocycles. The van der Waals surface area contributed by atoms with Gasteiger partial charge in [-0.25, -0.2) is 0 Å². The van der Waals surface area contributed by atoms with E-state index >= 15 is 0 Å². The Bertz CT molecular complexity index is 935. The van der Waals surface area contributed by atoms with Crippen LogP contribution in [-0.2, 0) is 16.0 Å². The van der Waals surface area contributed by atoms with Gasteiger partial charge < -0.3 is 14.4 Å². The molecule has 1 aromatic carbocycles. The van der Waals surface area contributed by atoms with E-state index in [1.54, 1.807) is 0 Å². The van der Waals surface area contributed by atoms with E-state index in [2.05, 4.69) is 45.9 Å². The second kappa shape index (κ2) is 14.6. The predicted octanol–water partition coefficient (Wildman–Crippen LogP) is 7.96. The number of rotatable bonds is 14. The van der Waals surface area contributed by atoms with Crippen LogP contribution in [0.3, 0.4) is 0 Å². The maximum absolute atomic E-state index is 13.3. The molecule has 2 atom stereocenters. The van der Waals surface area contributed by atoms with Crippen molar-refractivity contribution in [3.63, 3.8) is 0 Å². The maximum atomic E-state index is 13.3. The van der Waals surface area contributed by atoms with E-state index in [0.29, 0.717) is 30.6 Å². The summed E-state index contributed by atoms with van der Waals surface area (Å²) in [6.45, 7) is 11.6. The van der Waals surface area contributed by atoms with Gasteiger partial charge in [0.05, 0.1) is 6.61 Å². The number of unbranched alkanes of at least 4 members (excludes halogenated alkanes) is 6. The number of ether oxygens (including phenoxy) is 2. The van der Waals surface area contributed by atoms with E-state index in [-0.39, 0.29) is 17.8 Å². The van der Waals surface area contributed by atoms with Gasteiger partial charge in [0.15, 0.2) is 0 Å². The summed E-state index contributed by atoms with van der Waals surface area (Å²) in [5.74, 6) is 2.19. The third-order valence-corrected chi connectivity index (χ3v) is 7.61. The lowest BCUT2D eigenvalue weighted by Gasteiger charge is -2.39. The van der Waals surface area contributed by atoms with Crippen LogP contribution in [-0.4, -0.2) is 29.9 Å². The summed E-state index contributed by atoms with van der Waals surface area (Å²) < 4.78 is 12.1. The second-order valence-corrected chi connectivity index (χ2v) is 11.4. The lowest BCUT2D eigenvalue weighted by Crippen LogP contribution is -2.37. The number of esters is 1. The number of hydrogen-bond acceptors (Lipinski definition) is 4. The summed E-state index contributed by atoms with van der Waals surface area (Å²) >= 11 is 0. The van der Waals surface area contributed by atoms with Crippen LogP contribution in [0.25, 0.3) is 0 Å². The molecule has 0 bridgehead atoms. The maximum Gasteiger partial charge on any atom is 0.308 e. The van der Waals surface area contributed by atoms with Gasteiger partial charge in [-0.2, -0.15) is 0 Å². The standard InChI is InChI=1S/C32H49NO4/c1-6-8-10-11-13-14-25-18-29-32(30(19-25)37-24(5)34)28-20-27(17-16-26(28)22-36-29)33(21-23(3)4)31(35)15-12-9-7-2/h18-20,23,26,28H,6-17,21-22H2,1-5H3. The Balaban J connectivity index is 1.90. The molecule has 1 amide bonds. The minimum atomic E-state index is -0.308. The number of hydrogen-bond donors (Lipinski definition) is 0. The molecule has 2 aliphatic rings. The highest BCUT2D eigenvalue weighted by molar-refractivity contribution is 5.78. The zero-order chi connectivity index (χ0) is 26.8. The molecule has 0 N–H and O–H groups in total. The molecule has 0 saturated carbocycles. The van der Waals surface area contributed by atoms with Crippen molar-refractivity contribution in [2.45, 2.75) is 118 Å². The van der Waals surface area contributed by atoms with Gasteiger partial charge in [0.1, 0.15) is 11.5 Å². The highest BCUT2D eigenvalue weighted by Crippen LogP contribution is 2.49. The predicted molar refractivity (Wildman–Crippen MR) is 150 cm³/mol. The summed E-state index contributed by atoms with van der Waals surface area (Å²) in [5.41, 5.74) is 3.26. The van der Waals surface area contributed by atoms with Crippen molar-refractivity contribution in [3.05, 3.63) is 35.0 Å². The van der Waals surface area contributed by atoms with Gasteiger partial charge in [-0.15, -0.1) is 0 Å². The van der Waals surface area contributed by atoms with Crippen LogP contribution < -0.4 is 9.47 Å². The Kier molecular flexibility index (Phi) is 11.5. The first-order valence-corrected chi connectivity index (χ1v) is 14.8. The Labute approximate surface area is 225 Å². The topological polar surface area (TPSA) is 55.8 Å². The van der Waals surface area contributed by atoms with Gasteiger partial charge in [-0.1, -0.05) is 72.3 Å². The monoisotopic (exact) mass is 511 g/mol. The summed E-state index contributed by atoms with van der Waals surface area (Å²) in [6.07, 6.45) is 14.9. The Hall–Kier alpha value is -2.30. The van der Waals surface area contributed by atoms with Gasteiger partial charge in [-0.05, 0) is 55.7 Å². The molecule has 1 aromatic rings. The quantitative estimate of drug-likeness (QED) is 0.144. The Morgan fingerprint density at radius 3 is 2.49 bits per heavy atom. The minimum absolute atomic E-state index is 0.0820. The molecule has 206 valence electrons. The number of carbonyl (C=O) groups excluding carboxylic acids is 2. The molecule has 5 heteroatoms. The number of benzene rings is 1. The fourth-order valence-electron chi connectivity index (χ4n) is 5.69. The first kappa shape index (κ1) is 29.3. The van der Waals surface area contributed by atoms with Crippen LogP contribution in [0.2, 0.25) is 0 Å². The number of aryl methyl sites for hydroxylation is 1. The number of nitrogens with zero attached hydrogens (tertiary/aromatic N) is 1. The van der Waals surface area contributed by atoms with Crippen molar-refractivity contribution in [2.75, 3.05) is 13.2 Å². The van der Waals surface area contributed by atoms with Crippen molar-refractivity contribution in [2.24, 2.45) is 11.8 Å². The third-order valence-electron chi connectivity index (χ3n) is 7.61. The van der Waals surface area contributed by atoms with Crippen molar-refractivity contribution < 1.29 is 19.1 Å². The molecule has 0 aromatic heterocycles. The molecule has 1 aliphatic carbocycles. The van der Waals surface area contributed by atoms with Crippen LogP contribution in [0.5, 0.6) is 11.5 Å². The lowest BCUT2D eigenvalue weighted by atomic mass is 9.76. The zero-order valence-electron chi connectivity index (χ0n) is 23.9. The van der Waals surface area contributed by atoms with Gasteiger partial charge in [-0.3, -0.25) is 9.59 Å². The zero-order valence-corrected chi connectivity index (χ0v) is 23.9. The molecule has 37 heavy (non-hydrogen) atoms. The van der Waals surface area contributed by atoms with E-state index in [1.807, 2.05) is 4.90 Å². The van der Waals surface area contributed by atoms with Crippen LogP contribution in [0.15, 0.2) is 23.9 Å². The number of fused-ring (bicyclic) bond motifs is 3. The molecule has 0 spiro atoms. The highest BCUT2D eigenvalue weighted by atomic mass is 16.5. The van der Waals surface area contributed by atoms with Crippen molar-refractivity contribution >= 4 is 11.9 Å². The van der Waals surface area contributed by atoms with E-state index in [0.717, 1.165) is 74.1 Å². The molecule has 1 heterocycles. The minimum Gasteiger partial charge on any atom is -0.493 e. The van der Waals surface area contributed by atoms with Crippen molar-refractivity contribution in [1.82, 2.24) is 4.90 Å². The fourth-order valence-corrected chi connectivity index (χ4v) is 5.69. The SMILES string of the molecule is CCCCCCCc1cc2c(c(OC(C)=O)c1)C1C=C(N(CC(C)C)C(=O)CCCCC)CCC1CO2. The molecular formula is C32H49NO4. The van der Waals surface area contributed by atoms with Crippen LogP contribution in [0.1, 0.15) is 122 Å². The lowest BCUT2D eigenvalue weighted by molar-refractivity contribution is -0.132. The van der Waals surface area contributed by atoms with Crippen molar-refractivity contribution in [1.29, 1.82) is 0 Å². The van der Waals surface area contributed by atoms with Gasteiger partial charge in [0.25, 0.3) is 0 Å². The summed E-state index contributed by atoms with van der Waals surface area (Å²) in [6, 6.07) is 4.21. The summed E-state index contributed by atoms with van der Waals surface area (Å²) in [5, 5.41) is 0. The van der Waals surface area contributed by atoms with Crippen molar-refractivity contribution in [3.8, 4) is 11.5 Å². The first-order chi connectivity index (χ1) is 17.8. The molecule has 0 fully saturated rings. The normalized spacial score (nSPS) is 18.5. The van der Waals surface area contributed by atoms with Crippen LogP contribution in [0, 0.1) is 11.8 Å². The van der Waals surface area contributed by atoms with E-state index in [4.69, 9.17) is 9.47 Å². The molecule has 5 nitrogen and oxygen atoms in total. The van der Waals surface area contributed by atoms with Gasteiger partial charge in [0, 0.05) is 43.0 Å². The Morgan fingerprint density at radius 1 is 1.05 bits per heavy atom. The van der Waals surface area contributed by atoms with Gasteiger partial charge in [0.2, 0.25) is 5.91 Å². The summed E-state index contributed by atoms with van der Waals surface area (Å²) in [4.78, 5) is 27.4. The van der Waals surface area contributed by atoms with Gasteiger partial charge >= 0.3 is 5.97 Å². The molecule has 1 aliphatic heterocycles. The number of allylic oxidation sites excluding steroid dienone is 2. The molecular weight excluding hydrogens is 462 g/mol. The molecule has 3 rings (SSSR count). The average molecular weight is 512 g/mol. The second-order valence-electron chi connectivity index (χ2n) is 11.4. The summed E-state index contributed by atoms with van der Waals surface area (Å²) in [7, 11) is 0. The van der Waals surface area contributed by atoms with Crippen LogP contribution in [0.4, 0.5) is 0 Å². The third kappa shape index (κ3) is 8.35.